The first kappa shape index (κ1) is 12.8. The lowest BCUT2D eigenvalue weighted by atomic mass is 9.64. The van der Waals surface area contributed by atoms with Crippen LogP contribution in [0, 0.1) is 5.41 Å². The summed E-state index contributed by atoms with van der Waals surface area (Å²) < 4.78 is 0. The Morgan fingerprint density at radius 2 is 2.24 bits per heavy atom. The smallest absolute Gasteiger partial charge is 0.240 e. The highest BCUT2D eigenvalue weighted by atomic mass is 16.3. The molecule has 1 aliphatic heterocycles. The molecule has 1 aliphatic carbocycles. The summed E-state index contributed by atoms with van der Waals surface area (Å²) in [6.45, 7) is 7.00. The van der Waals surface area contributed by atoms with Crippen LogP contribution in [-0.4, -0.2) is 35.2 Å². The highest BCUT2D eigenvalue weighted by Gasteiger charge is 2.50. The van der Waals surface area contributed by atoms with Crippen LogP contribution in [0.1, 0.15) is 46.5 Å². The lowest BCUT2D eigenvalue weighted by molar-refractivity contribution is -0.135. The molecule has 2 fully saturated rings. The van der Waals surface area contributed by atoms with E-state index in [9.17, 15) is 9.90 Å². The fraction of sp³-hybridized carbons (Fsp3) is 0.923. The molecule has 1 saturated heterocycles. The number of hydrogen-bond donors (Lipinski definition) is 3. The number of nitrogens with one attached hydrogen (secondary N) is 2. The van der Waals surface area contributed by atoms with Crippen molar-refractivity contribution in [3.63, 3.8) is 0 Å². The van der Waals surface area contributed by atoms with Crippen LogP contribution in [0.4, 0.5) is 0 Å². The van der Waals surface area contributed by atoms with E-state index in [1.54, 1.807) is 0 Å². The van der Waals surface area contributed by atoms with Crippen LogP contribution in [0.3, 0.4) is 0 Å². The molecule has 0 aromatic rings. The third-order valence-electron chi connectivity index (χ3n) is 4.80. The molecule has 0 spiro atoms. The minimum absolute atomic E-state index is 0.107. The van der Waals surface area contributed by atoms with Gasteiger partial charge < -0.3 is 15.7 Å². The first-order valence-electron chi connectivity index (χ1n) is 6.66. The summed E-state index contributed by atoms with van der Waals surface area (Å²) in [5.41, 5.74) is -0.556. The molecule has 2 aliphatic rings. The molecule has 4 nitrogen and oxygen atoms in total. The maximum Gasteiger partial charge on any atom is 0.240 e. The van der Waals surface area contributed by atoms with Crippen molar-refractivity contribution >= 4 is 5.91 Å². The molecule has 0 radical (unpaired) electrons. The Morgan fingerprint density at radius 1 is 1.53 bits per heavy atom. The van der Waals surface area contributed by atoms with Gasteiger partial charge in [-0.15, -0.1) is 0 Å². The number of carbonyl (C=O) groups excluding carboxylic acids is 1. The number of carbonyl (C=O) groups is 1. The standard InChI is InChI=1S/C13H24N2O2/c1-4-13(6-5-7-14-13)11(17)15-9-8-10(16)12(9,2)3/h9-10,14,16H,4-8H2,1-3H3,(H,15,17). The van der Waals surface area contributed by atoms with Crippen molar-refractivity contribution in [2.24, 2.45) is 5.41 Å². The summed E-state index contributed by atoms with van der Waals surface area (Å²) in [6, 6.07) is 0.107. The average molecular weight is 240 g/mol. The molecule has 4 heteroatoms. The van der Waals surface area contributed by atoms with Crippen LogP contribution < -0.4 is 10.6 Å². The van der Waals surface area contributed by atoms with Gasteiger partial charge in [-0.2, -0.15) is 0 Å². The maximum absolute atomic E-state index is 12.3. The molecular weight excluding hydrogens is 216 g/mol. The highest BCUT2D eigenvalue weighted by Crippen LogP contribution is 2.40. The second kappa shape index (κ2) is 4.25. The molecule has 2 rings (SSSR count). The van der Waals surface area contributed by atoms with Crippen molar-refractivity contribution in [3.05, 3.63) is 0 Å². The molecule has 0 bridgehead atoms. The molecule has 3 N–H and O–H groups in total. The maximum atomic E-state index is 12.3. The fourth-order valence-electron chi connectivity index (χ4n) is 2.91. The van der Waals surface area contributed by atoms with E-state index >= 15 is 0 Å². The highest BCUT2D eigenvalue weighted by molar-refractivity contribution is 5.87. The third kappa shape index (κ3) is 1.97. The van der Waals surface area contributed by atoms with E-state index in [-0.39, 0.29) is 29.0 Å². The molecule has 98 valence electrons. The molecule has 17 heavy (non-hydrogen) atoms. The molecule has 1 amide bonds. The zero-order valence-corrected chi connectivity index (χ0v) is 11.0. The van der Waals surface area contributed by atoms with Crippen molar-refractivity contribution in [2.75, 3.05) is 6.54 Å². The minimum atomic E-state index is -0.364. The number of rotatable bonds is 3. The SMILES string of the molecule is CCC1(C(=O)NC2CC(O)C2(C)C)CCCN1. The summed E-state index contributed by atoms with van der Waals surface area (Å²) in [5.74, 6) is 0.113. The van der Waals surface area contributed by atoms with Crippen LogP contribution in [-0.2, 0) is 4.79 Å². The van der Waals surface area contributed by atoms with E-state index in [2.05, 4.69) is 17.6 Å². The third-order valence-corrected chi connectivity index (χ3v) is 4.80. The van der Waals surface area contributed by atoms with E-state index in [4.69, 9.17) is 0 Å². The van der Waals surface area contributed by atoms with E-state index < -0.39 is 0 Å². The van der Waals surface area contributed by atoms with Crippen LogP contribution >= 0.6 is 0 Å². The second-order valence-electron chi connectivity index (χ2n) is 6.06. The van der Waals surface area contributed by atoms with Crippen molar-refractivity contribution in [3.8, 4) is 0 Å². The molecule has 3 atom stereocenters. The van der Waals surface area contributed by atoms with Crippen LogP contribution in [0.25, 0.3) is 0 Å². The van der Waals surface area contributed by atoms with Gasteiger partial charge in [-0.3, -0.25) is 4.79 Å². The van der Waals surface area contributed by atoms with Crippen LogP contribution in [0.2, 0.25) is 0 Å². The zero-order chi connectivity index (χ0) is 12.7. The lowest BCUT2D eigenvalue weighted by Crippen LogP contribution is -2.65. The molecule has 0 aromatic heterocycles. The number of aliphatic hydroxyl groups is 1. The number of aliphatic hydroxyl groups excluding tert-OH is 1. The Balaban J connectivity index is 1.98. The molecular formula is C13H24N2O2. The topological polar surface area (TPSA) is 61.4 Å². The van der Waals surface area contributed by atoms with Gasteiger partial charge in [0.25, 0.3) is 0 Å². The second-order valence-corrected chi connectivity index (χ2v) is 6.06. The first-order chi connectivity index (χ1) is 7.92. The predicted octanol–water partition coefficient (Wildman–Crippen LogP) is 0.794. The molecule has 1 saturated carbocycles. The van der Waals surface area contributed by atoms with E-state index in [1.807, 2.05) is 13.8 Å². The Hall–Kier alpha value is -0.610. The fourth-order valence-corrected chi connectivity index (χ4v) is 2.91. The normalized spacial score (nSPS) is 39.8. The lowest BCUT2D eigenvalue weighted by Gasteiger charge is -2.50. The zero-order valence-electron chi connectivity index (χ0n) is 11.0. The molecule has 1 heterocycles. The van der Waals surface area contributed by atoms with E-state index in [0.29, 0.717) is 6.42 Å². The van der Waals surface area contributed by atoms with Gasteiger partial charge in [0.1, 0.15) is 0 Å². The average Bonchev–Trinajstić information content (AvgIpc) is 2.78. The van der Waals surface area contributed by atoms with Crippen molar-refractivity contribution in [2.45, 2.75) is 64.1 Å². The van der Waals surface area contributed by atoms with E-state index in [1.165, 1.54) is 0 Å². The summed E-state index contributed by atoms with van der Waals surface area (Å²) in [5, 5.41) is 16.1. The number of amides is 1. The van der Waals surface area contributed by atoms with Crippen LogP contribution in [0.5, 0.6) is 0 Å². The van der Waals surface area contributed by atoms with Gasteiger partial charge in [-0.25, -0.2) is 0 Å². The van der Waals surface area contributed by atoms with Crippen molar-refractivity contribution in [1.82, 2.24) is 10.6 Å². The van der Waals surface area contributed by atoms with Gasteiger partial charge in [0.05, 0.1) is 11.6 Å². The Morgan fingerprint density at radius 3 is 2.65 bits per heavy atom. The molecule has 3 unspecified atom stereocenters. The first-order valence-corrected chi connectivity index (χ1v) is 6.66. The van der Waals surface area contributed by atoms with Gasteiger partial charge in [0, 0.05) is 11.5 Å². The summed E-state index contributed by atoms with van der Waals surface area (Å²) in [7, 11) is 0. The largest absolute Gasteiger partial charge is 0.392 e. The van der Waals surface area contributed by atoms with Crippen molar-refractivity contribution < 1.29 is 9.90 Å². The van der Waals surface area contributed by atoms with Gasteiger partial charge in [-0.05, 0) is 32.2 Å². The van der Waals surface area contributed by atoms with Crippen molar-refractivity contribution in [1.29, 1.82) is 0 Å². The summed E-state index contributed by atoms with van der Waals surface area (Å²) in [4.78, 5) is 12.3. The summed E-state index contributed by atoms with van der Waals surface area (Å²) >= 11 is 0. The molecule has 0 aromatic carbocycles. The minimum Gasteiger partial charge on any atom is -0.392 e. The Kier molecular flexibility index (Phi) is 3.21. The van der Waals surface area contributed by atoms with E-state index in [0.717, 1.165) is 25.8 Å². The van der Waals surface area contributed by atoms with Gasteiger partial charge in [-0.1, -0.05) is 20.8 Å². The number of hydrogen-bond acceptors (Lipinski definition) is 3. The van der Waals surface area contributed by atoms with Gasteiger partial charge in [0.15, 0.2) is 0 Å². The van der Waals surface area contributed by atoms with Crippen LogP contribution in [0.15, 0.2) is 0 Å². The quantitative estimate of drug-likeness (QED) is 0.683. The Bertz CT molecular complexity index is 309. The predicted molar refractivity (Wildman–Crippen MR) is 66.6 cm³/mol. The summed E-state index contributed by atoms with van der Waals surface area (Å²) in [6.07, 6.45) is 3.21. The Labute approximate surface area is 103 Å². The van der Waals surface area contributed by atoms with Gasteiger partial charge in [0.2, 0.25) is 5.91 Å². The monoisotopic (exact) mass is 240 g/mol. The van der Waals surface area contributed by atoms with Gasteiger partial charge >= 0.3 is 0 Å².